The molecule has 0 heterocycles. The summed E-state index contributed by atoms with van der Waals surface area (Å²) in [4.78, 5) is 65.4. The van der Waals surface area contributed by atoms with Crippen LogP contribution in [0.1, 0.15) is 216 Å². The molecular formula is C65H110N4O13. The van der Waals surface area contributed by atoms with Gasteiger partial charge in [-0.2, -0.15) is 0 Å². The van der Waals surface area contributed by atoms with Crippen molar-refractivity contribution >= 4 is 29.8 Å². The van der Waals surface area contributed by atoms with Gasteiger partial charge in [0.25, 0.3) is 0 Å². The average molecular weight is 1160 g/mol. The molecule has 8 aliphatic rings. The number of aliphatic hydroxyl groups excluding tert-OH is 6. The first-order valence-electron chi connectivity index (χ1n) is 32.7. The van der Waals surface area contributed by atoms with Crippen LogP contribution in [0.15, 0.2) is 0 Å². The van der Waals surface area contributed by atoms with E-state index in [4.69, 9.17) is 4.74 Å². The molecule has 82 heavy (non-hydrogen) atoms. The molecule has 17 heteroatoms. The molecule has 0 aliphatic heterocycles. The Morgan fingerprint density at radius 3 is 1.45 bits per heavy atom. The highest BCUT2D eigenvalue weighted by Gasteiger charge is 2.67. The molecule has 468 valence electrons. The van der Waals surface area contributed by atoms with Gasteiger partial charge in [0.2, 0.25) is 17.7 Å². The van der Waals surface area contributed by atoms with Crippen molar-refractivity contribution in [2.45, 2.75) is 271 Å². The number of hydrogen-bond acceptors (Lipinski definition) is 12. The highest BCUT2D eigenvalue weighted by atomic mass is 16.6. The molecule has 8 fully saturated rings. The minimum Gasteiger partial charge on any atom is -0.480 e. The van der Waals surface area contributed by atoms with Gasteiger partial charge in [-0.3, -0.25) is 14.4 Å². The molecular weight excluding hydrogens is 1040 g/mol. The van der Waals surface area contributed by atoms with Crippen LogP contribution < -0.4 is 21.3 Å². The van der Waals surface area contributed by atoms with Gasteiger partial charge in [0.15, 0.2) is 0 Å². The van der Waals surface area contributed by atoms with E-state index in [0.29, 0.717) is 90.0 Å². The van der Waals surface area contributed by atoms with Crippen LogP contribution in [0.2, 0.25) is 0 Å². The number of hydrogen-bond donors (Lipinski definition) is 11. The maximum atomic E-state index is 13.9. The first-order chi connectivity index (χ1) is 38.5. The number of carbonyl (C=O) groups excluding carboxylic acids is 4. The number of unbranched alkanes of at least 4 members (excludes halogenated alkanes) is 2. The lowest BCUT2D eigenvalue weighted by atomic mass is 9.43. The molecule has 0 saturated heterocycles. The number of amides is 4. The van der Waals surface area contributed by atoms with E-state index in [9.17, 15) is 59.7 Å². The highest BCUT2D eigenvalue weighted by Crippen LogP contribution is 2.70. The van der Waals surface area contributed by atoms with E-state index >= 15 is 0 Å². The van der Waals surface area contributed by atoms with Gasteiger partial charge in [0.05, 0.1) is 36.6 Å². The number of ether oxygens (including phenoxy) is 1. The van der Waals surface area contributed by atoms with E-state index in [1.54, 1.807) is 20.8 Å². The van der Waals surface area contributed by atoms with Gasteiger partial charge in [0.1, 0.15) is 17.7 Å². The normalized spacial score (nSPS) is 41.8. The van der Waals surface area contributed by atoms with Crippen LogP contribution in [0.4, 0.5) is 4.79 Å². The molecule has 8 aliphatic carbocycles. The van der Waals surface area contributed by atoms with Crippen LogP contribution in [-0.2, 0) is 23.9 Å². The Balaban J connectivity index is 0.818. The van der Waals surface area contributed by atoms with Gasteiger partial charge < -0.3 is 61.7 Å². The fraction of sp³-hybridized carbons (Fsp3) is 0.923. The smallest absolute Gasteiger partial charge is 0.408 e. The summed E-state index contributed by atoms with van der Waals surface area (Å²) >= 11 is 0. The lowest BCUT2D eigenvalue weighted by Crippen LogP contribution is -2.62. The van der Waals surface area contributed by atoms with Crippen LogP contribution in [0, 0.1) is 92.7 Å². The predicted molar refractivity (Wildman–Crippen MR) is 311 cm³/mol. The van der Waals surface area contributed by atoms with Gasteiger partial charge in [-0.1, -0.05) is 41.5 Å². The molecule has 11 N–H and O–H groups in total. The number of alkyl carbamates (subject to hydrolysis) is 1. The van der Waals surface area contributed by atoms with Gasteiger partial charge in [-0.15, -0.1) is 0 Å². The summed E-state index contributed by atoms with van der Waals surface area (Å²) in [5, 5.41) is 90.0. The standard InChI is InChI=1S/C65H110N4O13/c1-36(42-18-20-44-56-46(34-52(74)64(42,44)8)62(6)26-24-40(70)30-38(62)32-50(56)72)16-22-54(76)66-28-12-10-14-48(58(78)67-29-13-11-15-49(59(79)80)69-60(81)82-61(3,4)5)68-55(77)23-17-37(2)43-19-21-45-57-47(35-53(75)65(43,45)9)63(7)27-25-41(71)31-39(63)33-51(57)73/h36-53,56-57,70-75H,10-35H2,1-9H3,(H,66,76)(H,67,78)(H,68,77)(H,69,81)(H,79,80)/t36?,37?,38-,39-,40+,41+,42?,43?,44-,45-,46?,47?,48?,49?,50?,51?,52?,53?,56+,57+,62?,63?,64?,65?/m0/s1. The molecule has 0 aromatic heterocycles. The number of fused-ring (bicyclic) bond motifs is 10. The van der Waals surface area contributed by atoms with Crippen molar-refractivity contribution in [1.82, 2.24) is 21.3 Å². The van der Waals surface area contributed by atoms with Crippen LogP contribution in [0.5, 0.6) is 0 Å². The average Bonchev–Trinajstić information content (AvgIpc) is 1.57. The van der Waals surface area contributed by atoms with Crippen molar-refractivity contribution < 1.29 is 64.5 Å². The van der Waals surface area contributed by atoms with Crippen LogP contribution in [-0.4, -0.2) is 133 Å². The van der Waals surface area contributed by atoms with Crippen LogP contribution >= 0.6 is 0 Å². The molecule has 0 aromatic carbocycles. The zero-order valence-corrected chi connectivity index (χ0v) is 51.5. The second-order valence-electron chi connectivity index (χ2n) is 30.4. The lowest BCUT2D eigenvalue weighted by molar-refractivity contribution is -0.207. The quantitative estimate of drug-likeness (QED) is 0.0463. The minimum atomic E-state index is -1.19. The summed E-state index contributed by atoms with van der Waals surface area (Å²) in [6.45, 7) is 19.2. The number of aliphatic hydroxyl groups is 6. The predicted octanol–water partition coefficient (Wildman–Crippen LogP) is 7.78. The Morgan fingerprint density at radius 1 is 0.537 bits per heavy atom. The Hall–Kier alpha value is -3.09. The Labute approximate surface area is 490 Å². The van der Waals surface area contributed by atoms with E-state index in [-0.39, 0.29) is 137 Å². The monoisotopic (exact) mass is 1150 g/mol. The molecule has 4 amide bonds. The zero-order valence-electron chi connectivity index (χ0n) is 51.5. The molecule has 0 radical (unpaired) electrons. The summed E-state index contributed by atoms with van der Waals surface area (Å²) < 4.78 is 5.24. The Bertz CT molecular complexity index is 2230. The number of rotatable bonds is 22. The fourth-order valence-electron chi connectivity index (χ4n) is 20.2. The molecule has 8 saturated carbocycles. The molecule has 17 nitrogen and oxygen atoms in total. The topological polar surface area (TPSA) is 284 Å². The molecule has 8 rings (SSSR count). The highest BCUT2D eigenvalue weighted by molar-refractivity contribution is 5.87. The van der Waals surface area contributed by atoms with Crippen molar-refractivity contribution in [3.05, 3.63) is 0 Å². The summed E-state index contributed by atoms with van der Waals surface area (Å²) in [6.07, 6.45) is 12.1. The van der Waals surface area contributed by atoms with Gasteiger partial charge >= 0.3 is 12.1 Å². The van der Waals surface area contributed by atoms with Gasteiger partial charge in [-0.25, -0.2) is 9.59 Å². The van der Waals surface area contributed by atoms with Crippen molar-refractivity contribution in [2.75, 3.05) is 13.1 Å². The van der Waals surface area contributed by atoms with E-state index in [1.807, 2.05) is 0 Å². The minimum absolute atomic E-state index is 0.00849. The lowest BCUT2D eigenvalue weighted by Gasteiger charge is -2.63. The molecule has 24 atom stereocenters. The SMILES string of the molecule is CC(CCC(=O)NCCCCC(NC(=O)CCC(C)C1CC[C@H]2[C@H]3C(O)C[C@@H]4C[C@H](O)CCC4(C)C3CC(O)C12C)C(=O)NCCCCC(NC(=O)OC(C)(C)C)C(=O)O)C1CC[C@H]2[C@H]3C(O)C[C@@H]4C[C@H](O)CCC4(C)C3CC(O)C12C. The second kappa shape index (κ2) is 26.1. The van der Waals surface area contributed by atoms with Crippen molar-refractivity contribution in [3.63, 3.8) is 0 Å². The summed E-state index contributed by atoms with van der Waals surface area (Å²) in [6, 6.07) is -2.01. The summed E-state index contributed by atoms with van der Waals surface area (Å²) in [7, 11) is 0. The third-order valence-electron chi connectivity index (χ3n) is 24.8. The third kappa shape index (κ3) is 13.4. The Morgan fingerprint density at radius 2 is 0.988 bits per heavy atom. The van der Waals surface area contributed by atoms with Crippen molar-refractivity contribution in [2.24, 2.45) is 92.7 Å². The van der Waals surface area contributed by atoms with Crippen LogP contribution in [0.25, 0.3) is 0 Å². The van der Waals surface area contributed by atoms with Gasteiger partial charge in [0, 0.05) is 25.9 Å². The number of carboxylic acids is 1. The first kappa shape index (κ1) is 64.9. The summed E-state index contributed by atoms with van der Waals surface area (Å²) in [5.41, 5.74) is -1.56. The first-order valence-corrected chi connectivity index (χ1v) is 32.7. The van der Waals surface area contributed by atoms with Crippen molar-refractivity contribution in [1.29, 1.82) is 0 Å². The second-order valence-corrected chi connectivity index (χ2v) is 30.4. The van der Waals surface area contributed by atoms with E-state index in [0.717, 1.165) is 57.8 Å². The molecule has 16 unspecified atom stereocenters. The van der Waals surface area contributed by atoms with Gasteiger partial charge in [-0.05, 0) is 255 Å². The Kier molecular flexibility index (Phi) is 20.6. The number of carbonyl (C=O) groups is 5. The number of nitrogens with one attached hydrogen (secondary N) is 4. The number of aliphatic carboxylic acids is 1. The van der Waals surface area contributed by atoms with Crippen LogP contribution in [0.3, 0.4) is 0 Å². The van der Waals surface area contributed by atoms with Crippen molar-refractivity contribution in [3.8, 4) is 0 Å². The fourth-order valence-corrected chi connectivity index (χ4v) is 20.2. The van der Waals surface area contributed by atoms with E-state index < -0.39 is 59.6 Å². The molecule has 0 spiro atoms. The van der Waals surface area contributed by atoms with E-state index in [1.165, 1.54) is 0 Å². The van der Waals surface area contributed by atoms with E-state index in [2.05, 4.69) is 62.8 Å². The third-order valence-corrected chi connectivity index (χ3v) is 24.8. The zero-order chi connectivity index (χ0) is 59.9. The summed E-state index contributed by atoms with van der Waals surface area (Å²) in [5.74, 6) is 0.353. The molecule has 0 aromatic rings. The maximum absolute atomic E-state index is 13.9. The largest absolute Gasteiger partial charge is 0.480 e. The maximum Gasteiger partial charge on any atom is 0.408 e. The molecule has 0 bridgehead atoms. The number of carboxylic acid groups (broad SMARTS) is 1.